The van der Waals surface area contributed by atoms with E-state index < -0.39 is 0 Å². The number of anilines is 2. The van der Waals surface area contributed by atoms with E-state index in [-0.39, 0.29) is 5.91 Å². The van der Waals surface area contributed by atoms with Gasteiger partial charge in [-0.15, -0.1) is 0 Å². The normalized spacial score (nSPS) is 10.0. The predicted molar refractivity (Wildman–Crippen MR) is 93.1 cm³/mol. The third-order valence-corrected chi connectivity index (χ3v) is 3.40. The number of amides is 1. The van der Waals surface area contributed by atoms with Crippen molar-refractivity contribution in [1.29, 1.82) is 5.26 Å². The molecule has 1 heterocycles. The molecule has 2 N–H and O–H groups in total. The van der Waals surface area contributed by atoms with E-state index in [0.29, 0.717) is 35.1 Å². The minimum Gasteiger partial charge on any atom is -0.351 e. The number of hydrogen-bond acceptors (Lipinski definition) is 5. The molecule has 1 aromatic carbocycles. The number of carbonyl (C=O) groups is 1. The van der Waals surface area contributed by atoms with E-state index in [1.165, 1.54) is 0 Å². The first kappa shape index (κ1) is 17.4. The molecule has 0 aliphatic carbocycles. The van der Waals surface area contributed by atoms with Crippen LogP contribution in [0.2, 0.25) is 0 Å². The summed E-state index contributed by atoms with van der Waals surface area (Å²) < 4.78 is 0. The van der Waals surface area contributed by atoms with Crippen molar-refractivity contribution in [3.05, 3.63) is 47.3 Å². The maximum atomic E-state index is 12.2. The van der Waals surface area contributed by atoms with Gasteiger partial charge in [-0.2, -0.15) is 5.26 Å². The van der Waals surface area contributed by atoms with Crippen LogP contribution in [0.15, 0.2) is 30.3 Å². The number of aromatic nitrogens is 2. The number of nitriles is 1. The Bertz CT molecular complexity index is 751. The van der Waals surface area contributed by atoms with Crippen LogP contribution in [0, 0.1) is 18.3 Å². The summed E-state index contributed by atoms with van der Waals surface area (Å²) in [5.41, 5.74) is 2.27. The molecule has 0 aliphatic heterocycles. The zero-order chi connectivity index (χ0) is 17.4. The van der Waals surface area contributed by atoms with E-state index >= 15 is 0 Å². The monoisotopic (exact) mass is 323 g/mol. The molecule has 2 rings (SSSR count). The molecule has 0 saturated heterocycles. The molecule has 0 fully saturated rings. The molecule has 0 spiro atoms. The molecule has 2 aromatic rings. The van der Waals surface area contributed by atoms with Crippen LogP contribution in [-0.4, -0.2) is 22.4 Å². The van der Waals surface area contributed by atoms with Gasteiger partial charge in [-0.25, -0.2) is 9.97 Å². The summed E-state index contributed by atoms with van der Waals surface area (Å²) in [4.78, 5) is 20.8. The Hall–Kier alpha value is -2.94. The lowest BCUT2D eigenvalue weighted by Gasteiger charge is -2.09. The van der Waals surface area contributed by atoms with Crippen molar-refractivity contribution in [2.24, 2.45) is 0 Å². The third kappa shape index (κ3) is 5.06. The number of aryl methyl sites for hydroxylation is 1. The van der Waals surface area contributed by atoms with Gasteiger partial charge in [-0.1, -0.05) is 25.8 Å². The van der Waals surface area contributed by atoms with Gasteiger partial charge in [-0.05, 0) is 37.6 Å². The van der Waals surface area contributed by atoms with Gasteiger partial charge in [0.25, 0.3) is 5.91 Å². The summed E-state index contributed by atoms with van der Waals surface area (Å²) in [6.07, 6.45) is 3.15. The molecule has 0 bridgehead atoms. The maximum absolute atomic E-state index is 12.2. The molecule has 0 unspecified atom stereocenters. The first-order valence-corrected chi connectivity index (χ1v) is 8.03. The van der Waals surface area contributed by atoms with E-state index in [2.05, 4.69) is 33.6 Å². The standard InChI is InChI=1S/C18H21N5O/c1-3-4-5-9-20-17(24)16-10-13(2)21-18(23-16)22-15-8-6-7-14(11-15)12-19/h6-8,10-11H,3-5,9H2,1-2H3,(H,20,24)(H,21,22,23). The van der Waals surface area contributed by atoms with E-state index in [1.54, 1.807) is 24.3 Å². The van der Waals surface area contributed by atoms with Crippen molar-refractivity contribution < 1.29 is 4.79 Å². The Morgan fingerprint density at radius 1 is 1.25 bits per heavy atom. The fourth-order valence-corrected chi connectivity index (χ4v) is 2.20. The highest BCUT2D eigenvalue weighted by Crippen LogP contribution is 2.15. The van der Waals surface area contributed by atoms with Crippen LogP contribution in [0.1, 0.15) is 47.9 Å². The highest BCUT2D eigenvalue weighted by molar-refractivity contribution is 5.92. The molecule has 0 aliphatic rings. The third-order valence-electron chi connectivity index (χ3n) is 3.40. The van der Waals surface area contributed by atoms with Gasteiger partial charge >= 0.3 is 0 Å². The van der Waals surface area contributed by atoms with E-state index in [1.807, 2.05) is 13.0 Å². The summed E-state index contributed by atoms with van der Waals surface area (Å²) in [5, 5.41) is 14.9. The van der Waals surface area contributed by atoms with E-state index in [4.69, 9.17) is 5.26 Å². The van der Waals surface area contributed by atoms with Crippen molar-refractivity contribution in [3.63, 3.8) is 0 Å². The van der Waals surface area contributed by atoms with E-state index in [9.17, 15) is 4.79 Å². The first-order valence-electron chi connectivity index (χ1n) is 8.03. The second-order valence-electron chi connectivity index (χ2n) is 5.50. The number of benzene rings is 1. The Labute approximate surface area is 142 Å². The number of unbranched alkanes of at least 4 members (excludes halogenated alkanes) is 2. The van der Waals surface area contributed by atoms with Crippen LogP contribution in [0.5, 0.6) is 0 Å². The van der Waals surface area contributed by atoms with Crippen LogP contribution in [0.4, 0.5) is 11.6 Å². The van der Waals surface area contributed by atoms with Gasteiger partial charge in [0.05, 0.1) is 11.6 Å². The molecular formula is C18H21N5O. The molecule has 0 saturated carbocycles. The molecule has 0 radical (unpaired) electrons. The van der Waals surface area contributed by atoms with Gasteiger partial charge in [-0.3, -0.25) is 4.79 Å². The lowest BCUT2D eigenvalue weighted by Crippen LogP contribution is -2.25. The van der Waals surface area contributed by atoms with Gasteiger partial charge in [0.2, 0.25) is 5.95 Å². The number of nitrogens with one attached hydrogen (secondary N) is 2. The summed E-state index contributed by atoms with van der Waals surface area (Å²) in [7, 11) is 0. The largest absolute Gasteiger partial charge is 0.351 e. The molecule has 124 valence electrons. The summed E-state index contributed by atoms with van der Waals surface area (Å²) in [5.74, 6) is 0.134. The minimum absolute atomic E-state index is 0.203. The zero-order valence-electron chi connectivity index (χ0n) is 14.0. The van der Waals surface area contributed by atoms with Gasteiger partial charge in [0, 0.05) is 17.9 Å². The Kier molecular flexibility index (Phi) is 6.26. The second kappa shape index (κ2) is 8.63. The van der Waals surface area contributed by atoms with Crippen LogP contribution in [0.25, 0.3) is 0 Å². The minimum atomic E-state index is -0.203. The van der Waals surface area contributed by atoms with Crippen LogP contribution in [0.3, 0.4) is 0 Å². The zero-order valence-corrected chi connectivity index (χ0v) is 14.0. The Balaban J connectivity index is 2.10. The average molecular weight is 323 g/mol. The highest BCUT2D eigenvalue weighted by atomic mass is 16.1. The van der Waals surface area contributed by atoms with Gasteiger partial charge < -0.3 is 10.6 Å². The number of carbonyl (C=O) groups excluding carboxylic acids is 1. The maximum Gasteiger partial charge on any atom is 0.270 e. The SMILES string of the molecule is CCCCCNC(=O)c1cc(C)nc(Nc2cccc(C#N)c2)n1. The number of nitrogens with zero attached hydrogens (tertiary/aromatic N) is 3. The predicted octanol–water partition coefficient (Wildman–Crippen LogP) is 3.32. The lowest BCUT2D eigenvalue weighted by molar-refractivity contribution is 0.0948. The molecule has 6 heteroatoms. The number of rotatable bonds is 7. The lowest BCUT2D eigenvalue weighted by atomic mass is 10.2. The molecule has 1 aromatic heterocycles. The fourth-order valence-electron chi connectivity index (χ4n) is 2.20. The van der Waals surface area contributed by atoms with Crippen LogP contribution < -0.4 is 10.6 Å². The smallest absolute Gasteiger partial charge is 0.270 e. The Morgan fingerprint density at radius 2 is 2.08 bits per heavy atom. The molecule has 24 heavy (non-hydrogen) atoms. The molecule has 6 nitrogen and oxygen atoms in total. The van der Waals surface area contributed by atoms with Crippen molar-refractivity contribution in [1.82, 2.24) is 15.3 Å². The summed E-state index contributed by atoms with van der Waals surface area (Å²) in [6, 6.07) is 10.8. The first-order chi connectivity index (χ1) is 11.6. The van der Waals surface area contributed by atoms with Gasteiger partial charge in [0.15, 0.2) is 0 Å². The summed E-state index contributed by atoms with van der Waals surface area (Å²) in [6.45, 7) is 4.57. The van der Waals surface area contributed by atoms with Crippen LogP contribution >= 0.6 is 0 Å². The summed E-state index contributed by atoms with van der Waals surface area (Å²) >= 11 is 0. The fraction of sp³-hybridized carbons (Fsp3) is 0.333. The van der Waals surface area contributed by atoms with Crippen molar-refractivity contribution >= 4 is 17.5 Å². The van der Waals surface area contributed by atoms with Crippen LogP contribution in [-0.2, 0) is 0 Å². The number of hydrogen-bond donors (Lipinski definition) is 2. The molecule has 1 amide bonds. The average Bonchev–Trinajstić information content (AvgIpc) is 2.58. The van der Waals surface area contributed by atoms with E-state index in [0.717, 1.165) is 19.3 Å². The Morgan fingerprint density at radius 3 is 2.83 bits per heavy atom. The van der Waals surface area contributed by atoms with Crippen molar-refractivity contribution in [2.45, 2.75) is 33.1 Å². The quantitative estimate of drug-likeness (QED) is 0.763. The molecule has 0 atom stereocenters. The molecular weight excluding hydrogens is 302 g/mol. The van der Waals surface area contributed by atoms with Gasteiger partial charge in [0.1, 0.15) is 5.69 Å². The highest BCUT2D eigenvalue weighted by Gasteiger charge is 2.10. The second-order valence-corrected chi connectivity index (χ2v) is 5.50. The topological polar surface area (TPSA) is 90.7 Å². The van der Waals surface area contributed by atoms with Crippen molar-refractivity contribution in [3.8, 4) is 6.07 Å². The van der Waals surface area contributed by atoms with Crippen molar-refractivity contribution in [2.75, 3.05) is 11.9 Å².